The first kappa shape index (κ1) is 4.28. The van der Waals surface area contributed by atoms with Crippen molar-refractivity contribution in [2.75, 3.05) is 0 Å². The first-order valence-electron chi connectivity index (χ1n) is 4.12. The fourth-order valence-electron chi connectivity index (χ4n) is 0.373. The van der Waals surface area contributed by atoms with Gasteiger partial charge in [0.25, 0.3) is 0 Å². The third-order valence-corrected chi connectivity index (χ3v) is 0.691. The van der Waals surface area contributed by atoms with Crippen molar-refractivity contribution in [3.05, 3.63) is 0 Å². The van der Waals surface area contributed by atoms with E-state index < -0.39 is 24.3 Å². The Balaban J connectivity index is 4.69. The Morgan fingerprint density at radius 1 is 2.00 bits per heavy atom. The highest BCUT2D eigenvalue weighted by Gasteiger charge is 2.11. The van der Waals surface area contributed by atoms with Gasteiger partial charge in [-0.15, -0.1) is 0 Å². The molecule has 0 aliphatic carbocycles. The summed E-state index contributed by atoms with van der Waals surface area (Å²) in [5.74, 6) is -2.93. The first-order chi connectivity index (χ1) is 5.10. The normalized spacial score (nSPS) is 26.8. The zero-order chi connectivity index (χ0) is 10.2. The molecule has 0 saturated carbocycles. The smallest absolute Gasteiger partial charge is 0.320 e. The summed E-state index contributed by atoms with van der Waals surface area (Å²) in [7, 11) is 0. The predicted molar refractivity (Wildman–Crippen MR) is 35.1 cm³/mol. The van der Waals surface area contributed by atoms with Gasteiger partial charge in [-0.2, -0.15) is 0 Å². The highest BCUT2D eigenvalue weighted by Crippen LogP contribution is 2.01. The van der Waals surface area contributed by atoms with Crippen LogP contribution in [0.15, 0.2) is 0 Å². The molecule has 9 heavy (non-hydrogen) atoms. The molecule has 0 radical (unpaired) electrons. The van der Waals surface area contributed by atoms with Crippen LogP contribution in [0.4, 0.5) is 0 Å². The van der Waals surface area contributed by atoms with Gasteiger partial charge in [0, 0.05) is 2.74 Å². The molecule has 0 heterocycles. The van der Waals surface area contributed by atoms with Gasteiger partial charge in [-0.05, 0) is 12.3 Å². The molecule has 0 aliphatic heterocycles. The Morgan fingerprint density at radius 2 is 2.44 bits per heavy atom. The van der Waals surface area contributed by atoms with Crippen LogP contribution in [-0.2, 0) is 4.79 Å². The van der Waals surface area contributed by atoms with E-state index in [0.29, 0.717) is 0 Å². The lowest BCUT2D eigenvalue weighted by molar-refractivity contribution is -0.138. The molecule has 0 bridgehead atoms. The van der Waals surface area contributed by atoms with Crippen LogP contribution in [0, 0.1) is 5.89 Å². The summed E-state index contributed by atoms with van der Waals surface area (Å²) in [5, 5.41) is 8.46. The molecular formula is C6H13NO2. The van der Waals surface area contributed by atoms with Gasteiger partial charge in [0.1, 0.15) is 6.02 Å². The second kappa shape index (κ2) is 3.45. The van der Waals surface area contributed by atoms with Crippen LogP contribution in [0.3, 0.4) is 0 Å². The molecule has 0 fully saturated rings. The lowest BCUT2D eigenvalue weighted by atomic mass is 10.1. The van der Waals surface area contributed by atoms with Crippen molar-refractivity contribution in [3.63, 3.8) is 0 Å². The maximum atomic E-state index is 10.4. The van der Waals surface area contributed by atoms with Crippen LogP contribution < -0.4 is 5.73 Å². The lowest BCUT2D eigenvalue weighted by Crippen LogP contribution is -2.31. The van der Waals surface area contributed by atoms with Crippen molar-refractivity contribution in [2.45, 2.75) is 26.3 Å². The lowest BCUT2D eigenvalue weighted by Gasteiger charge is -2.07. The zero-order valence-corrected chi connectivity index (χ0v) is 5.51. The van der Waals surface area contributed by atoms with E-state index in [9.17, 15) is 4.79 Å². The van der Waals surface area contributed by atoms with Crippen molar-refractivity contribution in [1.29, 1.82) is 0 Å². The number of nitrogens with two attached hydrogens (primary N) is 1. The maximum Gasteiger partial charge on any atom is 0.320 e. The zero-order valence-electron chi connectivity index (χ0n) is 8.51. The number of carboxylic acids is 1. The second-order valence-corrected chi connectivity index (χ2v) is 1.98. The topological polar surface area (TPSA) is 63.3 Å². The van der Waals surface area contributed by atoms with Crippen molar-refractivity contribution in [1.82, 2.24) is 0 Å². The summed E-state index contributed by atoms with van der Waals surface area (Å²) in [4.78, 5) is 10.4. The van der Waals surface area contributed by atoms with Gasteiger partial charge in [-0.25, -0.2) is 0 Å². The molecular weight excluding hydrogens is 118 g/mol. The molecule has 0 aromatic carbocycles. The van der Waals surface area contributed by atoms with E-state index >= 15 is 0 Å². The summed E-state index contributed by atoms with van der Waals surface area (Å²) < 4.78 is 21.7. The van der Waals surface area contributed by atoms with Gasteiger partial charge in [0.2, 0.25) is 0 Å². The van der Waals surface area contributed by atoms with E-state index in [1.165, 1.54) is 13.8 Å². The van der Waals surface area contributed by atoms with Crippen LogP contribution in [0.2, 0.25) is 0 Å². The minimum absolute atomic E-state index is 1.35. The van der Waals surface area contributed by atoms with Crippen molar-refractivity contribution in [2.24, 2.45) is 11.6 Å². The van der Waals surface area contributed by atoms with E-state index in [2.05, 4.69) is 0 Å². The minimum Gasteiger partial charge on any atom is -0.480 e. The van der Waals surface area contributed by atoms with Crippen LogP contribution in [0.25, 0.3) is 0 Å². The van der Waals surface area contributed by atoms with E-state index in [0.717, 1.165) is 0 Å². The number of carboxylic acid groups (broad SMARTS) is 1. The van der Waals surface area contributed by atoms with Crippen molar-refractivity contribution < 1.29 is 14.0 Å². The third kappa shape index (κ3) is 3.97. The van der Waals surface area contributed by atoms with Crippen molar-refractivity contribution >= 4 is 5.97 Å². The van der Waals surface area contributed by atoms with Crippen LogP contribution in [0.5, 0.6) is 0 Å². The number of hydrogen-bond acceptors (Lipinski definition) is 2. The average Bonchev–Trinajstić information content (AvgIpc) is 1.83. The van der Waals surface area contributed by atoms with E-state index in [1.54, 1.807) is 0 Å². The molecule has 0 aliphatic rings. The Labute approximate surface area is 59.1 Å². The highest BCUT2D eigenvalue weighted by molar-refractivity contribution is 5.72. The molecule has 0 amide bonds. The Hall–Kier alpha value is -0.570. The van der Waals surface area contributed by atoms with Gasteiger partial charge in [-0.1, -0.05) is 13.8 Å². The second-order valence-electron chi connectivity index (χ2n) is 1.98. The van der Waals surface area contributed by atoms with E-state index in [-0.39, 0.29) is 0 Å². The summed E-state index contributed by atoms with van der Waals surface area (Å²) in [6.07, 6.45) is -1.48. The first-order valence-corrected chi connectivity index (χ1v) is 2.54. The van der Waals surface area contributed by atoms with Gasteiger partial charge < -0.3 is 10.8 Å². The molecule has 2 atom stereocenters. The molecule has 54 valence electrons. The molecule has 0 rings (SSSR count). The molecule has 3 N–H and O–H groups in total. The van der Waals surface area contributed by atoms with Crippen LogP contribution in [-0.4, -0.2) is 17.1 Å². The fraction of sp³-hybridized carbons (Fsp3) is 0.833. The monoisotopic (exact) mass is 134 g/mol. The van der Waals surface area contributed by atoms with Gasteiger partial charge in [-0.3, -0.25) is 4.79 Å². The van der Waals surface area contributed by atoms with Crippen molar-refractivity contribution in [3.8, 4) is 0 Å². The van der Waals surface area contributed by atoms with Gasteiger partial charge in [0.05, 0.1) is 1.37 Å². The molecule has 3 nitrogen and oxygen atoms in total. The largest absolute Gasteiger partial charge is 0.480 e. The maximum absolute atomic E-state index is 10.4. The van der Waals surface area contributed by atoms with Crippen LogP contribution >= 0.6 is 0 Å². The summed E-state index contributed by atoms with van der Waals surface area (Å²) in [5.41, 5.74) is 5.05. The van der Waals surface area contributed by atoms with E-state index in [4.69, 9.17) is 15.0 Å². The third-order valence-electron chi connectivity index (χ3n) is 0.691. The SMILES string of the molecule is [2H][C@H](C([2H])(C)C)[C@@]([2H])(N)C(=O)O. The fourth-order valence-corrected chi connectivity index (χ4v) is 0.373. The molecule has 0 aromatic rings. The number of rotatable bonds is 3. The molecule has 3 heteroatoms. The summed E-state index contributed by atoms with van der Waals surface area (Å²) >= 11 is 0. The number of hydrogen-bond donors (Lipinski definition) is 2. The Kier molecular flexibility index (Phi) is 1.64. The standard InChI is InChI=1S/C6H13NO2/c1-4(2)3-5(7)6(8)9/h4-5H,3,7H2,1-2H3,(H,8,9)/t5-/m1/s1/i3D,4D,5D/t3-,5-. The summed E-state index contributed by atoms with van der Waals surface area (Å²) in [6.45, 7) is 2.70. The van der Waals surface area contributed by atoms with E-state index in [1.807, 2.05) is 0 Å². The van der Waals surface area contributed by atoms with Gasteiger partial charge >= 0.3 is 5.97 Å². The van der Waals surface area contributed by atoms with Gasteiger partial charge in [0.15, 0.2) is 0 Å². The minimum atomic E-state index is -2.41. The average molecular weight is 134 g/mol. The van der Waals surface area contributed by atoms with Crippen LogP contribution in [0.1, 0.15) is 24.4 Å². The Bertz CT molecular complexity index is 188. The predicted octanol–water partition coefficient (Wildman–Crippen LogP) is 0.444. The summed E-state index contributed by atoms with van der Waals surface area (Å²) in [6, 6.07) is -2.41. The number of carbonyl (C=O) groups is 1. The molecule has 0 aromatic heterocycles. The quantitative estimate of drug-likeness (QED) is 0.588. The highest BCUT2D eigenvalue weighted by atomic mass is 16.4. The number of aliphatic carboxylic acids is 1. The molecule has 0 unspecified atom stereocenters. The molecule has 0 spiro atoms. The molecule has 0 saturated heterocycles. The Morgan fingerprint density at radius 3 is 2.56 bits per heavy atom.